The zero-order valence-corrected chi connectivity index (χ0v) is 18.9. The van der Waals surface area contributed by atoms with Crippen LogP contribution in [0.4, 0.5) is 0 Å². The molecule has 0 bridgehead atoms. The number of aryl methyl sites for hydroxylation is 3. The molecule has 162 valence electrons. The number of halogens is 1. The Labute approximate surface area is 187 Å². The minimum absolute atomic E-state index is 0.383. The minimum Gasteiger partial charge on any atom is -0.298 e. The van der Waals surface area contributed by atoms with E-state index in [1.165, 1.54) is 11.6 Å². The second kappa shape index (κ2) is 7.20. The first kappa shape index (κ1) is 20.3. The zero-order valence-electron chi connectivity index (χ0n) is 18.1. The molecule has 5 rings (SSSR count). The van der Waals surface area contributed by atoms with E-state index < -0.39 is 5.69 Å². The van der Waals surface area contributed by atoms with E-state index in [2.05, 4.69) is 28.4 Å². The summed E-state index contributed by atoms with van der Waals surface area (Å²) in [4.78, 5) is 26.1. The molecule has 0 radical (unpaired) electrons. The third kappa shape index (κ3) is 2.83. The Bertz CT molecular complexity index is 1650. The molecule has 0 spiro atoms. The van der Waals surface area contributed by atoms with Gasteiger partial charge in [-0.1, -0.05) is 47.5 Å². The van der Waals surface area contributed by atoms with E-state index in [1.807, 2.05) is 36.6 Å². The average Bonchev–Trinajstić information content (AvgIpc) is 3.33. The van der Waals surface area contributed by atoms with Crippen molar-refractivity contribution in [2.45, 2.75) is 20.4 Å². The Kier molecular flexibility index (Phi) is 4.56. The number of imidazole rings is 1. The average molecular weight is 449 g/mol. The lowest BCUT2D eigenvalue weighted by Gasteiger charge is -2.10. The van der Waals surface area contributed by atoms with Gasteiger partial charge in [-0.25, -0.2) is 9.20 Å². The molecule has 0 saturated heterocycles. The smallest absolute Gasteiger partial charge is 0.298 e. The van der Waals surface area contributed by atoms with Crippen molar-refractivity contribution in [1.29, 1.82) is 0 Å². The first-order chi connectivity index (χ1) is 15.3. The van der Waals surface area contributed by atoms with Gasteiger partial charge in [0.15, 0.2) is 17.0 Å². The monoisotopic (exact) mass is 448 g/mol. The van der Waals surface area contributed by atoms with Gasteiger partial charge in [-0.3, -0.25) is 18.5 Å². The topological polar surface area (TPSA) is 79.1 Å². The van der Waals surface area contributed by atoms with Crippen LogP contribution in [0.15, 0.2) is 52.1 Å². The fraction of sp³-hybridized carbons (Fsp3) is 0.217. The minimum atomic E-state index is -0.424. The van der Waals surface area contributed by atoms with Crippen molar-refractivity contribution in [1.82, 2.24) is 28.3 Å². The lowest BCUT2D eigenvalue weighted by Crippen LogP contribution is -2.37. The Morgan fingerprint density at radius 3 is 2.47 bits per heavy atom. The van der Waals surface area contributed by atoms with Crippen LogP contribution in [0, 0.1) is 13.8 Å². The molecule has 0 N–H and O–H groups in total. The Balaban J connectivity index is 1.94. The highest BCUT2D eigenvalue weighted by molar-refractivity contribution is 6.33. The van der Waals surface area contributed by atoms with Crippen molar-refractivity contribution >= 4 is 28.5 Å². The summed E-state index contributed by atoms with van der Waals surface area (Å²) in [6, 6.07) is 13.5. The Morgan fingerprint density at radius 2 is 1.72 bits per heavy atom. The van der Waals surface area contributed by atoms with Crippen LogP contribution in [0.1, 0.15) is 16.7 Å². The van der Waals surface area contributed by atoms with Crippen LogP contribution in [-0.2, 0) is 20.6 Å². The second-order valence-corrected chi connectivity index (χ2v) is 8.44. The molecule has 3 heterocycles. The fourth-order valence-corrected chi connectivity index (χ4v) is 4.38. The third-order valence-electron chi connectivity index (χ3n) is 5.93. The molecule has 0 fully saturated rings. The highest BCUT2D eigenvalue weighted by Crippen LogP contribution is 2.30. The first-order valence-corrected chi connectivity index (χ1v) is 10.5. The van der Waals surface area contributed by atoms with Crippen molar-refractivity contribution in [3.05, 3.63) is 85.0 Å². The number of fused-ring (bicyclic) bond motifs is 3. The van der Waals surface area contributed by atoms with Crippen molar-refractivity contribution < 1.29 is 0 Å². The van der Waals surface area contributed by atoms with E-state index in [0.29, 0.717) is 39.9 Å². The standard InChI is InChI=1S/C23H21ClN6O2/c1-13-9-10-14(2)15(11-13)12-29-18-20(27(3)23(32)28(4)21(18)31)30-19(25-26-22(29)30)16-7-5-6-8-17(16)24/h5-11H,12H2,1-4H3. The Hall–Kier alpha value is -3.65. The lowest BCUT2D eigenvalue weighted by atomic mass is 10.1. The van der Waals surface area contributed by atoms with E-state index in [4.69, 9.17) is 11.6 Å². The molecule has 0 saturated carbocycles. The predicted molar refractivity (Wildman–Crippen MR) is 124 cm³/mol. The van der Waals surface area contributed by atoms with Gasteiger partial charge in [0.25, 0.3) is 5.56 Å². The lowest BCUT2D eigenvalue weighted by molar-refractivity contribution is 0.700. The SMILES string of the molecule is Cc1ccc(C)c(Cn2c3c(=O)n(C)c(=O)n(C)c3n3c(-c4ccccc4Cl)nnc23)c1. The summed E-state index contributed by atoms with van der Waals surface area (Å²) >= 11 is 6.45. The third-order valence-corrected chi connectivity index (χ3v) is 6.26. The van der Waals surface area contributed by atoms with Gasteiger partial charge in [0.2, 0.25) is 5.78 Å². The maximum absolute atomic E-state index is 13.3. The number of nitrogens with zero attached hydrogens (tertiary/aromatic N) is 6. The van der Waals surface area contributed by atoms with Crippen LogP contribution in [-0.4, -0.2) is 28.3 Å². The number of benzene rings is 2. The summed E-state index contributed by atoms with van der Waals surface area (Å²) in [6.45, 7) is 4.47. The largest absolute Gasteiger partial charge is 0.332 e. The predicted octanol–water partition coefficient (Wildman–Crippen LogP) is 3.07. The van der Waals surface area contributed by atoms with Gasteiger partial charge in [0.05, 0.1) is 11.6 Å². The fourth-order valence-electron chi connectivity index (χ4n) is 4.16. The molecule has 0 atom stereocenters. The molecule has 3 aromatic heterocycles. The van der Waals surface area contributed by atoms with Gasteiger partial charge in [0, 0.05) is 19.7 Å². The summed E-state index contributed by atoms with van der Waals surface area (Å²) in [6.07, 6.45) is 0. The number of hydrogen-bond donors (Lipinski definition) is 0. The van der Waals surface area contributed by atoms with Crippen molar-refractivity contribution in [2.75, 3.05) is 0 Å². The summed E-state index contributed by atoms with van der Waals surface area (Å²) in [5.74, 6) is 0.938. The van der Waals surface area contributed by atoms with E-state index in [9.17, 15) is 9.59 Å². The molecule has 2 aromatic carbocycles. The van der Waals surface area contributed by atoms with Gasteiger partial charge in [-0.15, -0.1) is 10.2 Å². The highest BCUT2D eigenvalue weighted by Gasteiger charge is 2.25. The van der Waals surface area contributed by atoms with E-state index >= 15 is 0 Å². The number of aromatic nitrogens is 6. The number of hydrogen-bond acceptors (Lipinski definition) is 4. The van der Waals surface area contributed by atoms with Crippen LogP contribution >= 0.6 is 11.6 Å². The normalized spacial score (nSPS) is 11.7. The van der Waals surface area contributed by atoms with Crippen molar-refractivity contribution in [2.24, 2.45) is 14.1 Å². The molecular weight excluding hydrogens is 428 g/mol. The molecule has 0 aliphatic heterocycles. The summed E-state index contributed by atoms with van der Waals surface area (Å²) in [5, 5.41) is 9.31. The van der Waals surface area contributed by atoms with Crippen LogP contribution in [0.2, 0.25) is 5.02 Å². The Morgan fingerprint density at radius 1 is 0.969 bits per heavy atom. The molecule has 32 heavy (non-hydrogen) atoms. The van der Waals surface area contributed by atoms with Crippen LogP contribution < -0.4 is 11.2 Å². The highest BCUT2D eigenvalue weighted by atomic mass is 35.5. The van der Waals surface area contributed by atoms with E-state index in [-0.39, 0.29) is 5.56 Å². The van der Waals surface area contributed by atoms with E-state index in [0.717, 1.165) is 21.3 Å². The zero-order chi connectivity index (χ0) is 22.7. The van der Waals surface area contributed by atoms with Gasteiger partial charge in [-0.05, 0) is 37.1 Å². The van der Waals surface area contributed by atoms with Gasteiger partial charge < -0.3 is 0 Å². The molecule has 8 nitrogen and oxygen atoms in total. The van der Waals surface area contributed by atoms with Crippen molar-refractivity contribution in [3.63, 3.8) is 0 Å². The number of rotatable bonds is 3. The van der Waals surface area contributed by atoms with Crippen LogP contribution in [0.3, 0.4) is 0 Å². The van der Waals surface area contributed by atoms with Crippen molar-refractivity contribution in [3.8, 4) is 11.4 Å². The van der Waals surface area contributed by atoms with Gasteiger partial charge in [-0.2, -0.15) is 0 Å². The maximum atomic E-state index is 13.3. The summed E-state index contributed by atoms with van der Waals surface area (Å²) in [5.41, 5.74) is 3.95. The van der Waals surface area contributed by atoms with E-state index in [1.54, 1.807) is 17.5 Å². The molecule has 0 aliphatic carbocycles. The molecule has 0 aliphatic rings. The van der Waals surface area contributed by atoms with Crippen LogP contribution in [0.25, 0.3) is 28.3 Å². The first-order valence-electron chi connectivity index (χ1n) is 10.1. The summed E-state index contributed by atoms with van der Waals surface area (Å²) < 4.78 is 6.13. The maximum Gasteiger partial charge on any atom is 0.332 e. The molecule has 5 aromatic rings. The molecule has 0 unspecified atom stereocenters. The van der Waals surface area contributed by atoms with Crippen LogP contribution in [0.5, 0.6) is 0 Å². The molecule has 0 amide bonds. The summed E-state index contributed by atoms with van der Waals surface area (Å²) in [7, 11) is 3.12. The van der Waals surface area contributed by atoms with Gasteiger partial charge >= 0.3 is 5.69 Å². The molecular formula is C23H21ClN6O2. The quantitative estimate of drug-likeness (QED) is 0.425. The molecule has 9 heteroatoms. The second-order valence-electron chi connectivity index (χ2n) is 8.03. The van der Waals surface area contributed by atoms with Gasteiger partial charge in [0.1, 0.15) is 0 Å².